The Morgan fingerprint density at radius 1 is 1.35 bits per heavy atom. The molecule has 0 saturated carbocycles. The molecule has 0 bridgehead atoms. The van der Waals surface area contributed by atoms with Gasteiger partial charge in [-0.25, -0.2) is 0 Å². The minimum absolute atomic E-state index is 0.133. The van der Waals surface area contributed by atoms with Gasteiger partial charge in [0.1, 0.15) is 5.75 Å². The number of rotatable bonds is 5. The van der Waals surface area contributed by atoms with Crippen LogP contribution < -0.4 is 15.4 Å². The van der Waals surface area contributed by atoms with E-state index < -0.39 is 0 Å². The van der Waals surface area contributed by atoms with Crippen molar-refractivity contribution in [2.75, 3.05) is 17.7 Å². The SMILES string of the molecule is CC(C)Oc1cc(N)cc(N(C)Cc2cnn(C)c2)c1. The van der Waals surface area contributed by atoms with Crippen molar-refractivity contribution in [3.63, 3.8) is 0 Å². The number of aromatic nitrogens is 2. The third kappa shape index (κ3) is 3.66. The number of nitrogens with two attached hydrogens (primary N) is 1. The molecule has 2 rings (SSSR count). The fourth-order valence-corrected chi connectivity index (χ4v) is 2.09. The maximum atomic E-state index is 5.95. The predicted molar refractivity (Wildman–Crippen MR) is 81.9 cm³/mol. The molecule has 2 aromatic rings. The number of hydrogen-bond acceptors (Lipinski definition) is 4. The van der Waals surface area contributed by atoms with Crippen LogP contribution in [0, 0.1) is 0 Å². The fourth-order valence-electron chi connectivity index (χ4n) is 2.09. The summed E-state index contributed by atoms with van der Waals surface area (Å²) in [7, 11) is 3.94. The van der Waals surface area contributed by atoms with E-state index in [1.807, 2.05) is 58.5 Å². The lowest BCUT2D eigenvalue weighted by atomic mass is 10.2. The highest BCUT2D eigenvalue weighted by atomic mass is 16.5. The van der Waals surface area contributed by atoms with Crippen molar-refractivity contribution < 1.29 is 4.74 Å². The zero-order chi connectivity index (χ0) is 14.7. The summed E-state index contributed by atoms with van der Waals surface area (Å²) in [6, 6.07) is 5.80. The Labute approximate surface area is 119 Å². The number of aryl methyl sites for hydroxylation is 1. The van der Waals surface area contributed by atoms with E-state index in [1.54, 1.807) is 4.68 Å². The Balaban J connectivity index is 2.16. The second-order valence-electron chi connectivity index (χ2n) is 5.31. The average Bonchev–Trinajstić information content (AvgIpc) is 2.73. The van der Waals surface area contributed by atoms with Gasteiger partial charge in [-0.05, 0) is 19.9 Å². The van der Waals surface area contributed by atoms with E-state index in [2.05, 4.69) is 10.00 Å². The first-order chi connectivity index (χ1) is 9.44. The van der Waals surface area contributed by atoms with E-state index in [4.69, 9.17) is 10.5 Å². The van der Waals surface area contributed by atoms with Gasteiger partial charge < -0.3 is 15.4 Å². The first-order valence-corrected chi connectivity index (χ1v) is 6.70. The van der Waals surface area contributed by atoms with E-state index >= 15 is 0 Å². The smallest absolute Gasteiger partial charge is 0.123 e. The van der Waals surface area contributed by atoms with Crippen molar-refractivity contribution in [1.82, 2.24) is 9.78 Å². The molecule has 0 aliphatic heterocycles. The summed E-state index contributed by atoms with van der Waals surface area (Å²) >= 11 is 0. The number of ether oxygens (including phenoxy) is 1. The molecule has 0 aliphatic carbocycles. The van der Waals surface area contributed by atoms with Crippen LogP contribution in [0.25, 0.3) is 0 Å². The van der Waals surface area contributed by atoms with E-state index in [0.29, 0.717) is 5.69 Å². The number of nitrogen functional groups attached to an aromatic ring is 1. The van der Waals surface area contributed by atoms with Crippen molar-refractivity contribution in [1.29, 1.82) is 0 Å². The van der Waals surface area contributed by atoms with Crippen LogP contribution in [0.2, 0.25) is 0 Å². The fraction of sp³-hybridized carbons (Fsp3) is 0.400. The van der Waals surface area contributed by atoms with Gasteiger partial charge in [-0.1, -0.05) is 0 Å². The molecule has 1 aromatic heterocycles. The minimum Gasteiger partial charge on any atom is -0.491 e. The topological polar surface area (TPSA) is 56.3 Å². The monoisotopic (exact) mass is 274 g/mol. The lowest BCUT2D eigenvalue weighted by Gasteiger charge is -2.20. The predicted octanol–water partition coefficient (Wildman–Crippen LogP) is 2.43. The third-order valence-corrected chi connectivity index (χ3v) is 2.90. The lowest BCUT2D eigenvalue weighted by Crippen LogP contribution is -2.16. The third-order valence-electron chi connectivity index (χ3n) is 2.90. The van der Waals surface area contributed by atoms with Crippen molar-refractivity contribution in [2.45, 2.75) is 26.5 Å². The average molecular weight is 274 g/mol. The molecule has 0 radical (unpaired) electrons. The molecule has 0 atom stereocenters. The van der Waals surface area contributed by atoms with E-state index in [9.17, 15) is 0 Å². The second kappa shape index (κ2) is 5.86. The van der Waals surface area contributed by atoms with E-state index in [-0.39, 0.29) is 6.10 Å². The summed E-state index contributed by atoms with van der Waals surface area (Å²) in [5.74, 6) is 0.799. The Kier molecular flexibility index (Phi) is 4.17. The van der Waals surface area contributed by atoms with Gasteiger partial charge >= 0.3 is 0 Å². The van der Waals surface area contributed by atoms with Crippen LogP contribution in [0.3, 0.4) is 0 Å². The summed E-state index contributed by atoms with van der Waals surface area (Å²) < 4.78 is 7.52. The van der Waals surface area contributed by atoms with Gasteiger partial charge in [0, 0.05) is 55.9 Å². The summed E-state index contributed by atoms with van der Waals surface area (Å²) in [6.45, 7) is 4.78. The highest BCUT2D eigenvalue weighted by Crippen LogP contribution is 2.26. The highest BCUT2D eigenvalue weighted by molar-refractivity contribution is 5.60. The van der Waals surface area contributed by atoms with Crippen molar-refractivity contribution in [3.05, 3.63) is 36.2 Å². The van der Waals surface area contributed by atoms with Gasteiger partial charge in [-0.2, -0.15) is 5.10 Å². The van der Waals surface area contributed by atoms with Crippen molar-refractivity contribution in [3.8, 4) is 5.75 Å². The zero-order valence-corrected chi connectivity index (χ0v) is 12.5. The van der Waals surface area contributed by atoms with Gasteiger partial charge in [0.25, 0.3) is 0 Å². The maximum Gasteiger partial charge on any atom is 0.123 e. The van der Waals surface area contributed by atoms with Gasteiger partial charge in [0.2, 0.25) is 0 Å². The molecule has 0 spiro atoms. The van der Waals surface area contributed by atoms with Gasteiger partial charge in [0.15, 0.2) is 0 Å². The quantitative estimate of drug-likeness (QED) is 0.851. The first-order valence-electron chi connectivity index (χ1n) is 6.70. The van der Waals surface area contributed by atoms with Crippen LogP contribution >= 0.6 is 0 Å². The van der Waals surface area contributed by atoms with Crippen LogP contribution in [-0.2, 0) is 13.6 Å². The molecule has 5 nitrogen and oxygen atoms in total. The molecule has 5 heteroatoms. The van der Waals surface area contributed by atoms with Gasteiger partial charge in [0.05, 0.1) is 12.3 Å². The number of benzene rings is 1. The molecule has 0 saturated heterocycles. The Bertz CT molecular complexity index is 577. The summed E-state index contributed by atoms with van der Waals surface area (Å²) in [4.78, 5) is 2.13. The summed E-state index contributed by atoms with van der Waals surface area (Å²) in [6.07, 6.45) is 4.01. The van der Waals surface area contributed by atoms with Crippen LogP contribution in [0.5, 0.6) is 5.75 Å². The first kappa shape index (κ1) is 14.2. The molecular formula is C15H22N4O. The molecule has 2 N–H and O–H groups in total. The standard InChI is InChI=1S/C15H22N4O/c1-11(2)20-15-6-13(16)5-14(7-15)18(3)9-12-8-17-19(4)10-12/h5-8,10-11H,9,16H2,1-4H3. The molecule has 0 fully saturated rings. The van der Waals surface area contributed by atoms with Gasteiger partial charge in [-0.3, -0.25) is 4.68 Å². The Hall–Kier alpha value is -2.17. The molecule has 0 aliphatic rings. The molecule has 1 aromatic carbocycles. The van der Waals surface area contributed by atoms with E-state index in [1.165, 1.54) is 0 Å². The largest absolute Gasteiger partial charge is 0.491 e. The van der Waals surface area contributed by atoms with Gasteiger partial charge in [-0.15, -0.1) is 0 Å². The minimum atomic E-state index is 0.133. The van der Waals surface area contributed by atoms with Crippen LogP contribution in [0.15, 0.2) is 30.6 Å². The summed E-state index contributed by atoms with van der Waals surface area (Å²) in [5, 5.41) is 4.18. The van der Waals surface area contributed by atoms with Crippen LogP contribution in [0.1, 0.15) is 19.4 Å². The normalized spacial score (nSPS) is 10.8. The van der Waals surface area contributed by atoms with Crippen LogP contribution in [-0.4, -0.2) is 22.9 Å². The molecule has 0 unspecified atom stereocenters. The molecule has 1 heterocycles. The molecule has 0 amide bonds. The summed E-state index contributed by atoms with van der Waals surface area (Å²) in [5.41, 5.74) is 8.84. The zero-order valence-electron chi connectivity index (χ0n) is 12.5. The lowest BCUT2D eigenvalue weighted by molar-refractivity contribution is 0.242. The highest BCUT2D eigenvalue weighted by Gasteiger charge is 2.08. The number of nitrogens with zero attached hydrogens (tertiary/aromatic N) is 3. The number of hydrogen-bond donors (Lipinski definition) is 1. The maximum absolute atomic E-state index is 5.95. The van der Waals surface area contributed by atoms with Crippen molar-refractivity contribution in [2.24, 2.45) is 7.05 Å². The second-order valence-corrected chi connectivity index (χ2v) is 5.31. The molecular weight excluding hydrogens is 252 g/mol. The Morgan fingerprint density at radius 3 is 2.70 bits per heavy atom. The van der Waals surface area contributed by atoms with Crippen LogP contribution in [0.4, 0.5) is 11.4 Å². The Morgan fingerprint density at radius 2 is 2.10 bits per heavy atom. The molecule has 108 valence electrons. The van der Waals surface area contributed by atoms with Crippen molar-refractivity contribution >= 4 is 11.4 Å². The molecule has 20 heavy (non-hydrogen) atoms. The van der Waals surface area contributed by atoms with E-state index in [0.717, 1.165) is 23.5 Å². The number of anilines is 2.